The fourth-order valence-electron chi connectivity index (χ4n) is 1.45. The van der Waals surface area contributed by atoms with Gasteiger partial charge in [0, 0.05) is 23.2 Å². The van der Waals surface area contributed by atoms with Crippen LogP contribution in [0.2, 0.25) is 5.02 Å². The smallest absolute Gasteiger partial charge is 0.273 e. The molecule has 1 aromatic carbocycles. The number of nitro benzene ring substituents is 1. The molecule has 92 valence electrons. The van der Waals surface area contributed by atoms with Crippen LogP contribution in [0.5, 0.6) is 0 Å². The van der Waals surface area contributed by atoms with Crippen molar-refractivity contribution in [2.75, 3.05) is 6.54 Å². The third-order valence-corrected chi connectivity index (χ3v) is 2.51. The molecule has 0 radical (unpaired) electrons. The van der Waals surface area contributed by atoms with E-state index in [1.165, 1.54) is 12.1 Å². The van der Waals surface area contributed by atoms with Crippen molar-refractivity contribution in [3.63, 3.8) is 0 Å². The predicted molar refractivity (Wildman–Crippen MR) is 69.2 cm³/mol. The highest BCUT2D eigenvalue weighted by Crippen LogP contribution is 2.22. The van der Waals surface area contributed by atoms with Crippen LogP contribution in [-0.2, 0) is 6.54 Å². The van der Waals surface area contributed by atoms with Crippen LogP contribution < -0.4 is 5.32 Å². The van der Waals surface area contributed by atoms with E-state index in [4.69, 9.17) is 11.6 Å². The summed E-state index contributed by atoms with van der Waals surface area (Å²) in [5.74, 6) is 0. The standard InChI is InChI=1S/C12H15ClN2O2/c1-2-3-4-7-14-9-10-8-11(13)5-6-12(10)15(16)17/h2-3,5-6,8,14H,4,7,9H2,1H3/b3-2+. The van der Waals surface area contributed by atoms with Crippen LogP contribution in [0.3, 0.4) is 0 Å². The van der Waals surface area contributed by atoms with Gasteiger partial charge in [-0.25, -0.2) is 0 Å². The molecule has 0 saturated heterocycles. The van der Waals surface area contributed by atoms with E-state index in [-0.39, 0.29) is 10.6 Å². The van der Waals surface area contributed by atoms with Crippen LogP contribution in [0.15, 0.2) is 30.4 Å². The molecule has 0 saturated carbocycles. The van der Waals surface area contributed by atoms with Gasteiger partial charge in [-0.05, 0) is 32.0 Å². The molecule has 0 bridgehead atoms. The Kier molecular flexibility index (Phi) is 5.66. The average molecular weight is 255 g/mol. The fourth-order valence-corrected chi connectivity index (χ4v) is 1.64. The van der Waals surface area contributed by atoms with Crippen molar-refractivity contribution in [1.29, 1.82) is 0 Å². The minimum absolute atomic E-state index is 0.105. The molecule has 4 nitrogen and oxygen atoms in total. The van der Waals surface area contributed by atoms with Crippen molar-refractivity contribution >= 4 is 17.3 Å². The molecule has 0 aliphatic heterocycles. The van der Waals surface area contributed by atoms with Gasteiger partial charge in [-0.3, -0.25) is 10.1 Å². The van der Waals surface area contributed by atoms with Gasteiger partial charge in [0.25, 0.3) is 5.69 Å². The third kappa shape index (κ3) is 4.54. The zero-order valence-corrected chi connectivity index (χ0v) is 10.4. The summed E-state index contributed by atoms with van der Waals surface area (Å²) in [4.78, 5) is 10.4. The summed E-state index contributed by atoms with van der Waals surface area (Å²) < 4.78 is 0. The lowest BCUT2D eigenvalue weighted by Crippen LogP contribution is -2.15. The number of nitrogens with one attached hydrogen (secondary N) is 1. The second kappa shape index (κ2) is 7.04. The Balaban J connectivity index is 2.62. The van der Waals surface area contributed by atoms with Crippen LogP contribution >= 0.6 is 11.6 Å². The topological polar surface area (TPSA) is 55.2 Å². The van der Waals surface area contributed by atoms with E-state index in [1.54, 1.807) is 6.07 Å². The molecular formula is C12H15ClN2O2. The normalized spacial score (nSPS) is 10.9. The van der Waals surface area contributed by atoms with Gasteiger partial charge >= 0.3 is 0 Å². The molecule has 1 N–H and O–H groups in total. The molecule has 0 aliphatic carbocycles. The Bertz CT molecular complexity index is 419. The van der Waals surface area contributed by atoms with Gasteiger partial charge < -0.3 is 5.32 Å². The number of rotatable bonds is 6. The molecule has 0 unspecified atom stereocenters. The predicted octanol–water partition coefficient (Wildman–Crippen LogP) is 3.30. The van der Waals surface area contributed by atoms with Gasteiger partial charge in [-0.15, -0.1) is 0 Å². The van der Waals surface area contributed by atoms with Gasteiger partial charge in [0.15, 0.2) is 0 Å². The van der Waals surface area contributed by atoms with Gasteiger partial charge in [0.1, 0.15) is 0 Å². The second-order valence-corrected chi connectivity index (χ2v) is 4.00. The second-order valence-electron chi connectivity index (χ2n) is 3.56. The van der Waals surface area contributed by atoms with Gasteiger partial charge in [-0.2, -0.15) is 0 Å². The van der Waals surface area contributed by atoms with Crippen molar-refractivity contribution in [3.05, 3.63) is 51.1 Å². The number of benzene rings is 1. The molecule has 17 heavy (non-hydrogen) atoms. The Morgan fingerprint density at radius 2 is 2.29 bits per heavy atom. The van der Waals surface area contributed by atoms with Crippen molar-refractivity contribution in [3.8, 4) is 0 Å². The summed E-state index contributed by atoms with van der Waals surface area (Å²) in [7, 11) is 0. The van der Waals surface area contributed by atoms with Crippen LogP contribution in [-0.4, -0.2) is 11.5 Å². The third-order valence-electron chi connectivity index (χ3n) is 2.28. The van der Waals surface area contributed by atoms with E-state index in [0.29, 0.717) is 17.1 Å². The van der Waals surface area contributed by atoms with E-state index in [1.807, 2.05) is 19.1 Å². The highest BCUT2D eigenvalue weighted by Gasteiger charge is 2.12. The van der Waals surface area contributed by atoms with Crippen LogP contribution in [0.4, 0.5) is 5.69 Å². The molecule has 0 aromatic heterocycles. The maximum absolute atomic E-state index is 10.8. The van der Waals surface area contributed by atoms with Gasteiger partial charge in [0.2, 0.25) is 0 Å². The Morgan fingerprint density at radius 1 is 1.53 bits per heavy atom. The number of hydrogen-bond donors (Lipinski definition) is 1. The van der Waals surface area contributed by atoms with E-state index in [0.717, 1.165) is 13.0 Å². The minimum atomic E-state index is -0.390. The number of nitrogens with zero attached hydrogens (tertiary/aromatic N) is 1. The zero-order chi connectivity index (χ0) is 12.7. The van der Waals surface area contributed by atoms with E-state index in [9.17, 15) is 10.1 Å². The molecule has 0 spiro atoms. The van der Waals surface area contributed by atoms with Crippen LogP contribution in [0.25, 0.3) is 0 Å². The first-order valence-corrected chi connectivity index (χ1v) is 5.77. The molecule has 0 atom stereocenters. The molecule has 1 aromatic rings. The molecular weight excluding hydrogens is 240 g/mol. The molecule has 0 aliphatic rings. The van der Waals surface area contributed by atoms with Crippen molar-refractivity contribution < 1.29 is 4.92 Å². The molecule has 0 amide bonds. The first-order chi connectivity index (χ1) is 8.15. The first-order valence-electron chi connectivity index (χ1n) is 5.40. The maximum Gasteiger partial charge on any atom is 0.273 e. The number of hydrogen-bond acceptors (Lipinski definition) is 3. The van der Waals surface area contributed by atoms with Crippen molar-refractivity contribution in [1.82, 2.24) is 5.32 Å². The quantitative estimate of drug-likeness (QED) is 0.367. The van der Waals surface area contributed by atoms with Crippen LogP contribution in [0, 0.1) is 10.1 Å². The van der Waals surface area contributed by atoms with Crippen molar-refractivity contribution in [2.24, 2.45) is 0 Å². The average Bonchev–Trinajstić information content (AvgIpc) is 2.28. The number of nitro groups is 1. The monoisotopic (exact) mass is 254 g/mol. The lowest BCUT2D eigenvalue weighted by molar-refractivity contribution is -0.385. The Morgan fingerprint density at radius 3 is 2.94 bits per heavy atom. The van der Waals surface area contributed by atoms with E-state index >= 15 is 0 Å². The van der Waals surface area contributed by atoms with E-state index in [2.05, 4.69) is 5.32 Å². The molecule has 1 rings (SSSR count). The highest BCUT2D eigenvalue weighted by molar-refractivity contribution is 6.30. The SMILES string of the molecule is C/C=C/CCNCc1cc(Cl)ccc1[N+](=O)[O-]. The summed E-state index contributed by atoms with van der Waals surface area (Å²) >= 11 is 5.82. The molecule has 5 heteroatoms. The minimum Gasteiger partial charge on any atom is -0.312 e. The zero-order valence-electron chi connectivity index (χ0n) is 9.65. The van der Waals surface area contributed by atoms with E-state index < -0.39 is 0 Å². The Hall–Kier alpha value is -1.39. The fraction of sp³-hybridized carbons (Fsp3) is 0.333. The number of allylic oxidation sites excluding steroid dienone is 1. The molecule has 0 heterocycles. The summed E-state index contributed by atoms with van der Waals surface area (Å²) in [5.41, 5.74) is 0.718. The number of halogens is 1. The largest absolute Gasteiger partial charge is 0.312 e. The summed E-state index contributed by atoms with van der Waals surface area (Å²) in [6.45, 7) is 3.20. The molecule has 0 fully saturated rings. The summed E-state index contributed by atoms with van der Waals surface area (Å²) in [6.07, 6.45) is 4.92. The lowest BCUT2D eigenvalue weighted by atomic mass is 10.2. The summed E-state index contributed by atoms with van der Waals surface area (Å²) in [5, 5.41) is 14.5. The van der Waals surface area contributed by atoms with Crippen LogP contribution in [0.1, 0.15) is 18.9 Å². The highest BCUT2D eigenvalue weighted by atomic mass is 35.5. The van der Waals surface area contributed by atoms with Gasteiger partial charge in [-0.1, -0.05) is 23.8 Å². The lowest BCUT2D eigenvalue weighted by Gasteiger charge is -2.05. The first kappa shape index (κ1) is 13.7. The Labute approximate surface area is 105 Å². The van der Waals surface area contributed by atoms with Crippen molar-refractivity contribution in [2.45, 2.75) is 19.9 Å². The maximum atomic E-state index is 10.8. The van der Waals surface area contributed by atoms with Gasteiger partial charge in [0.05, 0.1) is 4.92 Å². The summed E-state index contributed by atoms with van der Waals surface area (Å²) in [6, 6.07) is 4.59.